The first kappa shape index (κ1) is 18.8. The van der Waals surface area contributed by atoms with E-state index in [1.807, 2.05) is 0 Å². The topological polar surface area (TPSA) is 78.8 Å². The fourth-order valence-corrected chi connectivity index (χ4v) is 4.02. The molecule has 3 rings (SSSR count). The monoisotopic (exact) mass is 377 g/mol. The highest BCUT2D eigenvalue weighted by Gasteiger charge is 2.47. The normalized spacial score (nSPS) is 27.7. The van der Waals surface area contributed by atoms with Crippen molar-refractivity contribution in [3.8, 4) is 0 Å². The quantitative estimate of drug-likeness (QED) is 0.875. The van der Waals surface area contributed by atoms with E-state index in [1.54, 1.807) is 0 Å². The number of hydrogen-bond donors (Lipinski definition) is 1. The highest BCUT2D eigenvalue weighted by Crippen LogP contribution is 2.36. The largest absolute Gasteiger partial charge is 0.453 e. The summed E-state index contributed by atoms with van der Waals surface area (Å²) in [7, 11) is 1.26. The average molecular weight is 377 g/mol. The number of H-pyrrole nitrogens is 1. The van der Waals surface area contributed by atoms with Crippen molar-refractivity contribution in [2.45, 2.75) is 49.9 Å². The first-order valence-corrected chi connectivity index (χ1v) is 8.63. The maximum Gasteiger partial charge on any atom is 0.409 e. The molecular formula is C16H22F3N3O4. The fourth-order valence-electron chi connectivity index (χ4n) is 4.02. The van der Waals surface area contributed by atoms with Gasteiger partial charge in [-0.05, 0) is 32.2 Å². The van der Waals surface area contributed by atoms with Gasteiger partial charge in [0.1, 0.15) is 11.8 Å². The lowest BCUT2D eigenvalue weighted by atomic mass is 9.88. The number of methoxy groups -OCH3 is 1. The molecule has 10 heteroatoms. The van der Waals surface area contributed by atoms with Crippen molar-refractivity contribution >= 4 is 6.09 Å². The number of nitrogens with one attached hydrogen (secondary N) is 1. The highest BCUT2D eigenvalue weighted by molar-refractivity contribution is 5.68. The SMILES string of the molecule is COC(=O)N1CCC(c2cc(=O)[nH]o2)CC1CN1CCCC1C(F)(F)F. The molecule has 0 spiro atoms. The molecule has 0 radical (unpaired) electrons. The molecular weight excluding hydrogens is 355 g/mol. The van der Waals surface area contributed by atoms with E-state index in [1.165, 1.54) is 23.0 Å². The summed E-state index contributed by atoms with van der Waals surface area (Å²) < 4.78 is 49.6. The molecule has 0 bridgehead atoms. The summed E-state index contributed by atoms with van der Waals surface area (Å²) >= 11 is 0. The third-order valence-corrected chi connectivity index (χ3v) is 5.26. The van der Waals surface area contributed by atoms with E-state index in [4.69, 9.17) is 9.26 Å². The number of halogens is 3. The van der Waals surface area contributed by atoms with E-state index in [-0.39, 0.29) is 24.4 Å². The van der Waals surface area contributed by atoms with Crippen LogP contribution in [0.4, 0.5) is 18.0 Å². The molecule has 26 heavy (non-hydrogen) atoms. The third-order valence-electron chi connectivity index (χ3n) is 5.26. The van der Waals surface area contributed by atoms with Crippen LogP contribution in [0.5, 0.6) is 0 Å². The Morgan fingerprint density at radius 3 is 2.77 bits per heavy atom. The molecule has 0 aliphatic carbocycles. The van der Waals surface area contributed by atoms with Crippen LogP contribution in [0.2, 0.25) is 0 Å². The minimum Gasteiger partial charge on any atom is -0.453 e. The van der Waals surface area contributed by atoms with Gasteiger partial charge in [-0.15, -0.1) is 0 Å². The van der Waals surface area contributed by atoms with Gasteiger partial charge in [-0.1, -0.05) is 0 Å². The number of ether oxygens (including phenoxy) is 1. The van der Waals surface area contributed by atoms with Crippen LogP contribution in [0, 0.1) is 0 Å². The Morgan fingerprint density at radius 2 is 2.15 bits per heavy atom. The van der Waals surface area contributed by atoms with Crippen LogP contribution in [-0.4, -0.2) is 66.1 Å². The molecule has 7 nitrogen and oxygen atoms in total. The lowest BCUT2D eigenvalue weighted by Crippen LogP contribution is -2.53. The minimum atomic E-state index is -4.28. The number of rotatable bonds is 3. The van der Waals surface area contributed by atoms with Crippen molar-refractivity contribution in [3.63, 3.8) is 0 Å². The number of hydrogen-bond acceptors (Lipinski definition) is 5. The van der Waals surface area contributed by atoms with Gasteiger partial charge < -0.3 is 14.2 Å². The fraction of sp³-hybridized carbons (Fsp3) is 0.750. The number of carbonyl (C=O) groups excluding carboxylic acids is 1. The van der Waals surface area contributed by atoms with E-state index >= 15 is 0 Å². The summed E-state index contributed by atoms with van der Waals surface area (Å²) in [4.78, 5) is 26.2. The summed E-state index contributed by atoms with van der Waals surface area (Å²) in [5.41, 5.74) is -0.358. The zero-order valence-corrected chi connectivity index (χ0v) is 14.4. The third kappa shape index (κ3) is 3.89. The van der Waals surface area contributed by atoms with Gasteiger partial charge in [0.15, 0.2) is 0 Å². The molecule has 2 aliphatic rings. The minimum absolute atomic E-state index is 0.0740. The summed E-state index contributed by atoms with van der Waals surface area (Å²) in [5, 5.41) is 2.23. The van der Waals surface area contributed by atoms with Crippen LogP contribution in [0.25, 0.3) is 0 Å². The molecule has 2 saturated heterocycles. The van der Waals surface area contributed by atoms with E-state index in [0.29, 0.717) is 38.1 Å². The molecule has 1 N–H and O–H groups in total. The first-order valence-electron chi connectivity index (χ1n) is 8.63. The number of piperidine rings is 1. The molecule has 1 aromatic rings. The summed E-state index contributed by atoms with van der Waals surface area (Å²) in [6.07, 6.45) is -3.32. The van der Waals surface area contributed by atoms with Gasteiger partial charge >= 0.3 is 12.3 Å². The number of likely N-dealkylation sites (tertiary alicyclic amines) is 2. The number of alkyl halides is 3. The van der Waals surface area contributed by atoms with Crippen molar-refractivity contribution in [2.75, 3.05) is 26.7 Å². The van der Waals surface area contributed by atoms with Gasteiger partial charge in [0.2, 0.25) is 0 Å². The molecule has 2 aliphatic heterocycles. The number of carbonyl (C=O) groups is 1. The van der Waals surface area contributed by atoms with E-state index in [0.717, 1.165) is 0 Å². The van der Waals surface area contributed by atoms with Gasteiger partial charge in [-0.3, -0.25) is 9.69 Å². The predicted molar refractivity (Wildman–Crippen MR) is 84.9 cm³/mol. The van der Waals surface area contributed by atoms with Gasteiger partial charge in [-0.2, -0.15) is 18.3 Å². The molecule has 2 fully saturated rings. The van der Waals surface area contributed by atoms with Crippen LogP contribution in [0.15, 0.2) is 15.4 Å². The van der Waals surface area contributed by atoms with Crippen molar-refractivity contribution in [1.29, 1.82) is 0 Å². The molecule has 0 saturated carbocycles. The van der Waals surface area contributed by atoms with Crippen LogP contribution >= 0.6 is 0 Å². The Hall–Kier alpha value is -1.97. The summed E-state index contributed by atoms with van der Waals surface area (Å²) in [6, 6.07) is -0.568. The standard InChI is InChI=1S/C16H22F3N3O4/c1-25-15(24)22-6-4-10(12-8-14(23)20-26-12)7-11(22)9-21-5-2-3-13(21)16(17,18)19/h8,10-11,13H,2-7,9H2,1H3,(H,20,23). The van der Waals surface area contributed by atoms with Crippen LogP contribution < -0.4 is 5.56 Å². The second kappa shape index (κ2) is 7.34. The van der Waals surface area contributed by atoms with E-state index in [2.05, 4.69) is 5.16 Å². The highest BCUT2D eigenvalue weighted by atomic mass is 19.4. The number of aromatic amines is 1. The van der Waals surface area contributed by atoms with Crippen LogP contribution in [-0.2, 0) is 4.74 Å². The molecule has 146 valence electrons. The molecule has 1 aromatic heterocycles. The predicted octanol–water partition coefficient (Wildman–Crippen LogP) is 2.31. The van der Waals surface area contributed by atoms with Crippen LogP contribution in [0.1, 0.15) is 37.4 Å². The molecule has 1 amide bonds. The van der Waals surface area contributed by atoms with Gasteiger partial charge in [0, 0.05) is 31.1 Å². The second-order valence-electron chi connectivity index (χ2n) is 6.85. The summed E-state index contributed by atoms with van der Waals surface area (Å²) in [5.74, 6) is 0.338. The maximum absolute atomic E-state index is 13.2. The van der Waals surface area contributed by atoms with Crippen molar-refractivity contribution in [2.24, 2.45) is 0 Å². The number of nitrogens with zero attached hydrogens (tertiary/aromatic N) is 2. The molecule has 3 atom stereocenters. The summed E-state index contributed by atoms with van der Waals surface area (Å²) in [6.45, 7) is 0.797. The average Bonchev–Trinajstić information content (AvgIpc) is 3.22. The van der Waals surface area contributed by atoms with E-state index < -0.39 is 24.4 Å². The number of amides is 1. The van der Waals surface area contributed by atoms with Crippen molar-refractivity contribution < 1.29 is 27.2 Å². The lowest BCUT2D eigenvalue weighted by molar-refractivity contribution is -0.177. The Morgan fingerprint density at radius 1 is 1.38 bits per heavy atom. The molecule has 0 aromatic carbocycles. The van der Waals surface area contributed by atoms with Gasteiger partial charge in [0.25, 0.3) is 5.56 Å². The van der Waals surface area contributed by atoms with Gasteiger partial charge in [-0.25, -0.2) is 4.79 Å². The maximum atomic E-state index is 13.2. The smallest absolute Gasteiger partial charge is 0.409 e. The van der Waals surface area contributed by atoms with E-state index in [9.17, 15) is 22.8 Å². The van der Waals surface area contributed by atoms with Crippen molar-refractivity contribution in [3.05, 3.63) is 22.2 Å². The van der Waals surface area contributed by atoms with Gasteiger partial charge in [0.05, 0.1) is 7.11 Å². The zero-order valence-electron chi connectivity index (χ0n) is 14.4. The Kier molecular flexibility index (Phi) is 5.31. The number of aromatic nitrogens is 1. The Labute approximate surface area is 148 Å². The molecule has 3 heterocycles. The Balaban J connectivity index is 1.76. The molecule has 3 unspecified atom stereocenters. The lowest BCUT2D eigenvalue weighted by Gasteiger charge is -2.40. The van der Waals surface area contributed by atoms with Crippen molar-refractivity contribution in [1.82, 2.24) is 15.0 Å². The zero-order chi connectivity index (χ0) is 18.9. The Bertz CT molecular complexity index is 687. The first-order chi connectivity index (χ1) is 12.3. The second-order valence-corrected chi connectivity index (χ2v) is 6.85. The van der Waals surface area contributed by atoms with Crippen LogP contribution in [0.3, 0.4) is 0 Å².